The lowest BCUT2D eigenvalue weighted by Gasteiger charge is -2.27. The first-order valence-electron chi connectivity index (χ1n) is 4.29. The Bertz CT molecular complexity index is 326. The molecule has 0 aliphatic rings. The molecule has 0 heterocycles. The van der Waals surface area contributed by atoms with E-state index in [4.69, 9.17) is 0 Å². The second-order valence-electron chi connectivity index (χ2n) is 3.37. The van der Waals surface area contributed by atoms with Crippen LogP contribution < -0.4 is 5.32 Å². The zero-order valence-corrected chi connectivity index (χ0v) is 9.73. The first-order valence-corrected chi connectivity index (χ1v) is 5.08. The fourth-order valence-corrected chi connectivity index (χ4v) is 1.53. The number of aliphatic hydroxyl groups is 1. The molecule has 4 heteroatoms. The predicted octanol–water partition coefficient (Wildman–Crippen LogP) is 2.02. The Morgan fingerprint density at radius 3 is 2.64 bits per heavy atom. The Morgan fingerprint density at radius 1 is 1.57 bits per heavy atom. The molecular weight excluding hydrogens is 249 g/mol. The Morgan fingerprint density at radius 2 is 2.21 bits per heavy atom. The van der Waals surface area contributed by atoms with E-state index in [2.05, 4.69) is 21.2 Å². The molecule has 1 unspecified atom stereocenters. The second kappa shape index (κ2) is 4.38. The molecule has 0 aliphatic carbocycles. The molecule has 0 saturated carbocycles. The van der Waals surface area contributed by atoms with Crippen molar-refractivity contribution < 1.29 is 9.50 Å². The van der Waals surface area contributed by atoms with E-state index in [0.717, 1.165) is 5.56 Å². The highest BCUT2D eigenvalue weighted by atomic mass is 79.9. The van der Waals surface area contributed by atoms with Crippen LogP contribution in [-0.4, -0.2) is 18.8 Å². The van der Waals surface area contributed by atoms with Gasteiger partial charge in [-0.15, -0.1) is 0 Å². The Hall–Kier alpha value is -0.450. The first kappa shape index (κ1) is 11.6. The molecule has 0 fully saturated rings. The van der Waals surface area contributed by atoms with Gasteiger partial charge in [-0.2, -0.15) is 0 Å². The minimum Gasteiger partial charge on any atom is -0.394 e. The van der Waals surface area contributed by atoms with E-state index in [1.165, 1.54) is 6.07 Å². The molecule has 14 heavy (non-hydrogen) atoms. The van der Waals surface area contributed by atoms with Gasteiger partial charge in [0.15, 0.2) is 0 Å². The lowest BCUT2D eigenvalue weighted by molar-refractivity contribution is 0.183. The maximum atomic E-state index is 13.0. The van der Waals surface area contributed by atoms with E-state index in [9.17, 15) is 9.50 Å². The summed E-state index contributed by atoms with van der Waals surface area (Å²) in [5, 5.41) is 12.2. The van der Waals surface area contributed by atoms with E-state index < -0.39 is 5.54 Å². The smallest absolute Gasteiger partial charge is 0.137 e. The molecule has 1 aromatic carbocycles. The Balaban J connectivity index is 3.12. The fraction of sp³-hybridized carbons (Fsp3) is 0.400. The maximum Gasteiger partial charge on any atom is 0.137 e. The van der Waals surface area contributed by atoms with E-state index in [0.29, 0.717) is 4.47 Å². The van der Waals surface area contributed by atoms with Crippen LogP contribution in [0.5, 0.6) is 0 Å². The third-order valence-corrected chi connectivity index (χ3v) is 3.03. The molecule has 1 rings (SSSR count). The van der Waals surface area contributed by atoms with Crippen LogP contribution in [0.1, 0.15) is 12.5 Å². The van der Waals surface area contributed by atoms with Crippen LogP contribution in [0.3, 0.4) is 0 Å². The molecule has 0 aromatic heterocycles. The van der Waals surface area contributed by atoms with Crippen LogP contribution in [0.4, 0.5) is 4.39 Å². The van der Waals surface area contributed by atoms with Gasteiger partial charge < -0.3 is 10.4 Å². The van der Waals surface area contributed by atoms with Gasteiger partial charge in [0.2, 0.25) is 0 Å². The molecule has 1 atom stereocenters. The highest BCUT2D eigenvalue weighted by Gasteiger charge is 2.23. The topological polar surface area (TPSA) is 32.3 Å². The minimum absolute atomic E-state index is 0.0401. The number of halogens is 2. The van der Waals surface area contributed by atoms with Crippen molar-refractivity contribution in [3.8, 4) is 0 Å². The largest absolute Gasteiger partial charge is 0.394 e. The number of likely N-dealkylation sites (N-methyl/N-ethyl adjacent to an activating group) is 1. The van der Waals surface area contributed by atoms with Crippen LogP contribution >= 0.6 is 15.9 Å². The van der Waals surface area contributed by atoms with Gasteiger partial charge in [0, 0.05) is 0 Å². The summed E-state index contributed by atoms with van der Waals surface area (Å²) in [7, 11) is 1.76. The summed E-state index contributed by atoms with van der Waals surface area (Å²) in [5.74, 6) is -0.301. The molecule has 0 amide bonds. The van der Waals surface area contributed by atoms with Gasteiger partial charge >= 0.3 is 0 Å². The summed E-state index contributed by atoms with van der Waals surface area (Å²) in [6.45, 7) is 1.81. The van der Waals surface area contributed by atoms with Gasteiger partial charge in [-0.05, 0) is 47.6 Å². The third kappa shape index (κ3) is 2.13. The summed E-state index contributed by atoms with van der Waals surface area (Å²) in [6.07, 6.45) is 0. The predicted molar refractivity (Wildman–Crippen MR) is 57.6 cm³/mol. The molecule has 0 saturated heterocycles. The van der Waals surface area contributed by atoms with Crippen molar-refractivity contribution in [1.29, 1.82) is 0 Å². The van der Waals surface area contributed by atoms with Gasteiger partial charge in [0.1, 0.15) is 5.82 Å². The van der Waals surface area contributed by atoms with E-state index in [-0.39, 0.29) is 12.4 Å². The van der Waals surface area contributed by atoms with Crippen molar-refractivity contribution >= 4 is 15.9 Å². The normalized spacial score (nSPS) is 15.2. The standard InChI is InChI=1S/C10H13BrFNO/c1-10(6-14,13-2)7-3-4-9(12)8(11)5-7/h3-5,13-14H,6H2,1-2H3. The third-order valence-electron chi connectivity index (χ3n) is 2.42. The minimum atomic E-state index is -0.532. The van der Waals surface area contributed by atoms with Gasteiger partial charge in [-0.3, -0.25) is 0 Å². The maximum absolute atomic E-state index is 13.0. The summed E-state index contributed by atoms with van der Waals surface area (Å²) in [5.41, 5.74) is 0.312. The van der Waals surface area contributed by atoms with Crippen molar-refractivity contribution in [3.63, 3.8) is 0 Å². The average Bonchev–Trinajstić information content (AvgIpc) is 2.21. The number of hydrogen-bond donors (Lipinski definition) is 2. The van der Waals surface area contributed by atoms with Crippen LogP contribution in [0.15, 0.2) is 22.7 Å². The molecule has 0 radical (unpaired) electrons. The van der Waals surface area contributed by atoms with Crippen LogP contribution in [0.2, 0.25) is 0 Å². The molecule has 0 aliphatic heterocycles. The molecule has 0 bridgehead atoms. The average molecular weight is 262 g/mol. The SMILES string of the molecule is CNC(C)(CO)c1ccc(F)c(Br)c1. The van der Waals surface area contributed by atoms with Crippen molar-refractivity contribution in [2.75, 3.05) is 13.7 Å². The molecule has 2 nitrogen and oxygen atoms in total. The van der Waals surface area contributed by atoms with Gasteiger partial charge in [0.05, 0.1) is 16.6 Å². The molecule has 0 spiro atoms. The number of aliphatic hydroxyl groups excluding tert-OH is 1. The van der Waals surface area contributed by atoms with Crippen molar-refractivity contribution in [2.24, 2.45) is 0 Å². The Kier molecular flexibility index (Phi) is 3.64. The van der Waals surface area contributed by atoms with Crippen molar-refractivity contribution in [3.05, 3.63) is 34.1 Å². The number of nitrogens with one attached hydrogen (secondary N) is 1. The van der Waals surface area contributed by atoms with E-state index in [1.54, 1.807) is 19.2 Å². The summed E-state index contributed by atoms with van der Waals surface area (Å²) in [4.78, 5) is 0. The highest BCUT2D eigenvalue weighted by Crippen LogP contribution is 2.24. The summed E-state index contributed by atoms with van der Waals surface area (Å²) < 4.78 is 13.4. The molecule has 2 N–H and O–H groups in total. The molecular formula is C10H13BrFNO. The van der Waals surface area contributed by atoms with Gasteiger partial charge in [-0.1, -0.05) is 6.07 Å². The van der Waals surface area contributed by atoms with Crippen LogP contribution in [-0.2, 0) is 5.54 Å². The fourth-order valence-electron chi connectivity index (χ4n) is 1.15. The van der Waals surface area contributed by atoms with Crippen molar-refractivity contribution in [1.82, 2.24) is 5.32 Å². The quantitative estimate of drug-likeness (QED) is 0.873. The number of rotatable bonds is 3. The number of benzene rings is 1. The lowest BCUT2D eigenvalue weighted by Crippen LogP contribution is -2.40. The molecule has 1 aromatic rings. The zero-order chi connectivity index (χ0) is 10.8. The lowest BCUT2D eigenvalue weighted by atomic mass is 9.93. The van der Waals surface area contributed by atoms with Crippen LogP contribution in [0, 0.1) is 5.82 Å². The van der Waals surface area contributed by atoms with Gasteiger partial charge in [0.25, 0.3) is 0 Å². The Labute approximate surface area is 91.3 Å². The zero-order valence-electron chi connectivity index (χ0n) is 8.14. The van der Waals surface area contributed by atoms with E-state index in [1.807, 2.05) is 6.92 Å². The van der Waals surface area contributed by atoms with Crippen LogP contribution in [0.25, 0.3) is 0 Å². The monoisotopic (exact) mass is 261 g/mol. The summed E-state index contributed by atoms with van der Waals surface area (Å²) in [6, 6.07) is 4.71. The first-order chi connectivity index (χ1) is 6.53. The van der Waals surface area contributed by atoms with Gasteiger partial charge in [-0.25, -0.2) is 4.39 Å². The second-order valence-corrected chi connectivity index (χ2v) is 4.22. The molecule has 78 valence electrons. The highest BCUT2D eigenvalue weighted by molar-refractivity contribution is 9.10. The number of hydrogen-bond acceptors (Lipinski definition) is 2. The summed E-state index contributed by atoms with van der Waals surface area (Å²) >= 11 is 3.11. The van der Waals surface area contributed by atoms with Crippen molar-refractivity contribution in [2.45, 2.75) is 12.5 Å². The van der Waals surface area contributed by atoms with E-state index >= 15 is 0 Å².